The van der Waals surface area contributed by atoms with E-state index in [0.29, 0.717) is 27.9 Å². The molecule has 0 aliphatic carbocycles. The Hall–Kier alpha value is -2.71. The van der Waals surface area contributed by atoms with Gasteiger partial charge in [-0.05, 0) is 61.5 Å². The summed E-state index contributed by atoms with van der Waals surface area (Å²) < 4.78 is 4.76. The number of esters is 1. The molecule has 0 saturated carbocycles. The Labute approximate surface area is 196 Å². The number of carbonyl (C=O) groups is 2. The Balaban J connectivity index is 1.69. The molecule has 4 rings (SSSR count). The number of rotatable bonds is 6. The van der Waals surface area contributed by atoms with Gasteiger partial charge < -0.3 is 9.64 Å². The number of ether oxygens (including phenoxy) is 1. The van der Waals surface area contributed by atoms with E-state index in [1.165, 1.54) is 18.9 Å². The Kier molecular flexibility index (Phi) is 6.91. The topological polar surface area (TPSA) is 62.2 Å². The molecule has 2 aromatic carbocycles. The second kappa shape index (κ2) is 9.83. The molecular formula is C24H25N3O3S2. The van der Waals surface area contributed by atoms with Gasteiger partial charge in [0, 0.05) is 18.0 Å². The number of methoxy groups -OCH3 is 1. The number of fused-ring (bicyclic) bond motifs is 1. The van der Waals surface area contributed by atoms with Crippen LogP contribution in [-0.2, 0) is 9.53 Å². The van der Waals surface area contributed by atoms with E-state index < -0.39 is 0 Å². The van der Waals surface area contributed by atoms with Crippen LogP contribution in [0.2, 0.25) is 0 Å². The third-order valence-corrected chi connectivity index (χ3v) is 7.61. The number of hydrogen-bond acceptors (Lipinski definition) is 7. The highest BCUT2D eigenvalue weighted by atomic mass is 32.2. The number of hydrogen-bond donors (Lipinski definition) is 0. The first-order chi connectivity index (χ1) is 15.6. The van der Waals surface area contributed by atoms with Crippen molar-refractivity contribution >= 4 is 51.9 Å². The van der Waals surface area contributed by atoms with E-state index in [1.54, 1.807) is 40.9 Å². The molecule has 1 fully saturated rings. The lowest BCUT2D eigenvalue weighted by molar-refractivity contribution is -0.122. The molecule has 1 amide bonds. The molecule has 32 heavy (non-hydrogen) atoms. The fraction of sp³-hybridized carbons (Fsp3) is 0.292. The number of benzene rings is 2. The van der Waals surface area contributed by atoms with Gasteiger partial charge in [0.25, 0.3) is 5.91 Å². The molecule has 2 aromatic rings. The molecular weight excluding hydrogens is 442 g/mol. The van der Waals surface area contributed by atoms with Gasteiger partial charge in [0.2, 0.25) is 0 Å². The number of carbonyl (C=O) groups excluding carboxylic acids is 2. The van der Waals surface area contributed by atoms with Gasteiger partial charge in [0.05, 0.1) is 24.0 Å². The maximum atomic E-state index is 13.5. The van der Waals surface area contributed by atoms with Crippen LogP contribution in [0.3, 0.4) is 0 Å². The first-order valence-corrected chi connectivity index (χ1v) is 12.3. The zero-order valence-corrected chi connectivity index (χ0v) is 20.0. The first-order valence-electron chi connectivity index (χ1n) is 10.6. The van der Waals surface area contributed by atoms with Crippen molar-refractivity contribution < 1.29 is 14.3 Å². The zero-order chi connectivity index (χ0) is 22.7. The molecule has 0 unspecified atom stereocenters. The van der Waals surface area contributed by atoms with E-state index >= 15 is 0 Å². The number of nitrogens with zero attached hydrogens (tertiary/aromatic N) is 3. The number of anilines is 1. The predicted molar refractivity (Wildman–Crippen MR) is 131 cm³/mol. The lowest BCUT2D eigenvalue weighted by Gasteiger charge is -2.19. The molecule has 0 N–H and O–H groups in total. The highest BCUT2D eigenvalue weighted by Gasteiger charge is 2.39. The average molecular weight is 468 g/mol. The fourth-order valence-corrected chi connectivity index (χ4v) is 5.97. The quantitative estimate of drug-likeness (QED) is 0.405. The standard InChI is InChI=1S/C24H25N3O3S2/c1-4-6-15-27-21(28)20(22-26(5-2)18-9-7-8-10-19(18)31-22)32-24(27)25-17-13-11-16(12-14-17)23(29)30-3/h7-14H,4-6,15H2,1-3H3/b22-20-,25-24?. The van der Waals surface area contributed by atoms with Gasteiger partial charge in [-0.3, -0.25) is 9.69 Å². The summed E-state index contributed by atoms with van der Waals surface area (Å²) in [6.07, 6.45) is 1.89. The van der Waals surface area contributed by atoms with Gasteiger partial charge in [0.15, 0.2) is 5.17 Å². The molecule has 2 aliphatic rings. The minimum absolute atomic E-state index is 0.00198. The van der Waals surface area contributed by atoms with E-state index in [9.17, 15) is 9.59 Å². The van der Waals surface area contributed by atoms with Gasteiger partial charge in [0.1, 0.15) is 9.93 Å². The maximum absolute atomic E-state index is 13.5. The number of thioether (sulfide) groups is 2. The SMILES string of the molecule is CCCCN1C(=O)/C(=C2/Sc3ccccc3N2CC)SC1=Nc1ccc(C(=O)OC)cc1. The molecule has 2 heterocycles. The molecule has 0 aromatic heterocycles. The normalized spacial score (nSPS) is 19.1. The molecule has 0 atom stereocenters. The minimum atomic E-state index is -0.385. The van der Waals surface area contributed by atoms with Crippen molar-refractivity contribution in [2.24, 2.45) is 4.99 Å². The van der Waals surface area contributed by atoms with E-state index in [4.69, 9.17) is 9.73 Å². The Morgan fingerprint density at radius 3 is 2.47 bits per heavy atom. The smallest absolute Gasteiger partial charge is 0.337 e. The number of unbranched alkanes of at least 4 members (excludes halogenated alkanes) is 1. The molecule has 0 bridgehead atoms. The van der Waals surface area contributed by atoms with E-state index in [0.717, 1.165) is 35.0 Å². The van der Waals surface area contributed by atoms with Crippen molar-refractivity contribution in [1.29, 1.82) is 0 Å². The predicted octanol–water partition coefficient (Wildman–Crippen LogP) is 5.64. The van der Waals surface area contributed by atoms with Crippen LogP contribution in [0.1, 0.15) is 37.0 Å². The van der Waals surface area contributed by atoms with E-state index in [2.05, 4.69) is 30.9 Å². The van der Waals surface area contributed by atoms with Crippen LogP contribution < -0.4 is 4.90 Å². The second-order valence-electron chi connectivity index (χ2n) is 7.29. The number of para-hydroxylation sites is 1. The Bertz CT molecular complexity index is 1100. The van der Waals surface area contributed by atoms with Crippen LogP contribution in [0.25, 0.3) is 0 Å². The van der Waals surface area contributed by atoms with E-state index in [-0.39, 0.29) is 11.9 Å². The van der Waals surface area contributed by atoms with Crippen molar-refractivity contribution in [3.05, 3.63) is 64.0 Å². The second-order valence-corrected chi connectivity index (χ2v) is 9.30. The summed E-state index contributed by atoms with van der Waals surface area (Å²) in [6.45, 7) is 5.62. The van der Waals surface area contributed by atoms with Crippen molar-refractivity contribution in [3.63, 3.8) is 0 Å². The van der Waals surface area contributed by atoms with Crippen LogP contribution in [-0.4, -0.2) is 42.1 Å². The van der Waals surface area contributed by atoms with Gasteiger partial charge in [-0.1, -0.05) is 37.2 Å². The van der Waals surface area contributed by atoms with Crippen molar-refractivity contribution in [2.45, 2.75) is 31.6 Å². The molecule has 1 saturated heterocycles. The largest absolute Gasteiger partial charge is 0.465 e. The van der Waals surface area contributed by atoms with Gasteiger partial charge in [-0.25, -0.2) is 9.79 Å². The Morgan fingerprint density at radius 2 is 1.78 bits per heavy atom. The summed E-state index contributed by atoms with van der Waals surface area (Å²) in [4.78, 5) is 35.8. The Morgan fingerprint density at radius 1 is 1.03 bits per heavy atom. The molecule has 0 spiro atoms. The van der Waals surface area contributed by atoms with Gasteiger partial charge in [-0.15, -0.1) is 0 Å². The zero-order valence-electron chi connectivity index (χ0n) is 18.3. The number of aliphatic imine (C=N–C) groups is 1. The fourth-order valence-electron chi connectivity index (χ4n) is 3.55. The minimum Gasteiger partial charge on any atom is -0.465 e. The number of amidine groups is 1. The average Bonchev–Trinajstić information content (AvgIpc) is 3.34. The van der Waals surface area contributed by atoms with Crippen LogP contribution in [0.4, 0.5) is 11.4 Å². The summed E-state index contributed by atoms with van der Waals surface area (Å²) in [6, 6.07) is 15.1. The van der Waals surface area contributed by atoms with Crippen molar-refractivity contribution in [2.75, 3.05) is 25.1 Å². The third-order valence-electron chi connectivity index (χ3n) is 5.23. The lowest BCUT2D eigenvalue weighted by Crippen LogP contribution is -2.30. The third kappa shape index (κ3) is 4.29. The molecule has 8 heteroatoms. The first kappa shape index (κ1) is 22.5. The molecule has 2 aliphatic heterocycles. The summed E-state index contributed by atoms with van der Waals surface area (Å²) in [5.41, 5.74) is 2.30. The van der Waals surface area contributed by atoms with Gasteiger partial charge in [-0.2, -0.15) is 0 Å². The summed E-state index contributed by atoms with van der Waals surface area (Å²) >= 11 is 3.07. The maximum Gasteiger partial charge on any atom is 0.337 e. The molecule has 166 valence electrons. The van der Waals surface area contributed by atoms with Crippen LogP contribution in [0, 0.1) is 0 Å². The summed E-state index contributed by atoms with van der Waals surface area (Å²) in [5.74, 6) is -0.383. The molecule has 6 nitrogen and oxygen atoms in total. The highest BCUT2D eigenvalue weighted by molar-refractivity contribution is 8.19. The van der Waals surface area contributed by atoms with Crippen LogP contribution in [0.15, 0.2) is 68.4 Å². The van der Waals surface area contributed by atoms with Gasteiger partial charge >= 0.3 is 5.97 Å². The number of amides is 1. The van der Waals surface area contributed by atoms with Crippen LogP contribution >= 0.6 is 23.5 Å². The highest BCUT2D eigenvalue weighted by Crippen LogP contribution is 2.50. The van der Waals surface area contributed by atoms with Crippen LogP contribution in [0.5, 0.6) is 0 Å². The van der Waals surface area contributed by atoms with Crippen molar-refractivity contribution in [1.82, 2.24) is 4.90 Å². The van der Waals surface area contributed by atoms with E-state index in [1.807, 2.05) is 12.1 Å². The monoisotopic (exact) mass is 467 g/mol. The molecule has 0 radical (unpaired) electrons. The summed E-state index contributed by atoms with van der Waals surface area (Å²) in [5, 5.41) is 1.64. The van der Waals surface area contributed by atoms with Crippen molar-refractivity contribution in [3.8, 4) is 0 Å². The summed E-state index contributed by atoms with van der Waals surface area (Å²) in [7, 11) is 1.36. The lowest BCUT2D eigenvalue weighted by atomic mass is 10.2.